The smallest absolute Gasteiger partial charge is 0.106 e. The number of carbonyl (C=O) groups is 4. The Morgan fingerprint density at radius 3 is 0.867 bits per heavy atom. The Labute approximate surface area is 105 Å². The Kier molecular flexibility index (Phi) is 149. The van der Waals surface area contributed by atoms with Crippen LogP contribution in [0, 0.1) is 0 Å². The molecule has 0 aromatic rings. The van der Waals surface area contributed by atoms with Gasteiger partial charge in [-0.05, 0) is 12.8 Å². The topological polar surface area (TPSA) is 68.3 Å². The number of carbonyl (C=O) groups excluding carboxylic acids is 4. The van der Waals surface area contributed by atoms with E-state index < -0.39 is 0 Å². The third-order valence-electron chi connectivity index (χ3n) is 0.883. The molecule has 0 amide bonds. The zero-order valence-electron chi connectivity index (χ0n) is 8.59. The third-order valence-corrected chi connectivity index (χ3v) is 0.883. The maximum atomic E-state index is 8.00. The Hall–Kier alpha value is -1.15. The number of rotatable bonds is 0. The van der Waals surface area contributed by atoms with Crippen LogP contribution in [0.4, 0.5) is 0 Å². The van der Waals surface area contributed by atoms with Crippen molar-refractivity contribution in [1.29, 1.82) is 0 Å². The summed E-state index contributed by atoms with van der Waals surface area (Å²) in [6.07, 6.45) is 11.0. The fourth-order valence-corrected chi connectivity index (χ4v) is 0.542. The molecule has 0 aliphatic heterocycles. The molecule has 1 aliphatic rings. The van der Waals surface area contributed by atoms with Gasteiger partial charge in [-0.1, -0.05) is 24.3 Å². The molecule has 0 aromatic heterocycles. The van der Waals surface area contributed by atoms with Crippen LogP contribution < -0.4 is 0 Å². The van der Waals surface area contributed by atoms with Crippen molar-refractivity contribution in [2.45, 2.75) is 12.8 Å². The minimum atomic E-state index is 0. The van der Waals surface area contributed by atoms with Gasteiger partial charge in [0, 0.05) is 21.1 Å². The molecule has 5 heteroatoms. The predicted molar refractivity (Wildman–Crippen MR) is 56.0 cm³/mol. The van der Waals surface area contributed by atoms with Crippen LogP contribution >= 0.6 is 0 Å². The summed E-state index contributed by atoms with van der Waals surface area (Å²) in [5, 5.41) is 0. The second-order valence-electron chi connectivity index (χ2n) is 1.43. The zero-order chi connectivity index (χ0) is 12.2. The minimum Gasteiger partial charge on any atom is -0.307 e. The summed E-state index contributed by atoms with van der Waals surface area (Å²) in [4.78, 5) is 32.0. The van der Waals surface area contributed by atoms with E-state index in [1.54, 1.807) is 0 Å². The molecule has 4 nitrogen and oxygen atoms in total. The quantitative estimate of drug-likeness (QED) is 0.629. The minimum absolute atomic E-state index is 0. The molecule has 0 fully saturated rings. The van der Waals surface area contributed by atoms with E-state index in [-0.39, 0.29) is 21.1 Å². The van der Waals surface area contributed by atoms with Gasteiger partial charge in [0.2, 0.25) is 0 Å². The average molecular weight is 384 g/mol. The van der Waals surface area contributed by atoms with E-state index in [1.165, 1.54) is 12.8 Å². The Morgan fingerprint density at radius 1 is 0.600 bits per heavy atom. The van der Waals surface area contributed by atoms with Gasteiger partial charge in [0.1, 0.15) is 27.2 Å². The molecule has 0 atom stereocenters. The summed E-state index contributed by atoms with van der Waals surface area (Å²) < 4.78 is 0. The molecule has 15 heavy (non-hydrogen) atoms. The SMILES string of the molecule is C1=CCCC=C1.C=O.C=O.C=O.C=O.[W]. The maximum absolute atomic E-state index is 8.00. The molecular weight excluding hydrogens is 368 g/mol. The van der Waals surface area contributed by atoms with Gasteiger partial charge in [0.05, 0.1) is 0 Å². The molecule has 0 radical (unpaired) electrons. The molecule has 1 rings (SSSR count). The monoisotopic (exact) mass is 384 g/mol. The van der Waals surface area contributed by atoms with Gasteiger partial charge in [0.15, 0.2) is 0 Å². The van der Waals surface area contributed by atoms with Crippen LogP contribution in [0.2, 0.25) is 0 Å². The van der Waals surface area contributed by atoms with E-state index in [1.807, 2.05) is 27.2 Å². The van der Waals surface area contributed by atoms with Crippen LogP contribution in [0.15, 0.2) is 24.3 Å². The summed E-state index contributed by atoms with van der Waals surface area (Å²) in [5.74, 6) is 0. The van der Waals surface area contributed by atoms with Crippen LogP contribution in [-0.4, -0.2) is 27.2 Å². The second kappa shape index (κ2) is 76.7. The first-order chi connectivity index (χ1) is 7.00. The molecule has 0 N–H and O–H groups in total. The van der Waals surface area contributed by atoms with Crippen LogP contribution in [0.3, 0.4) is 0 Å². The Balaban J connectivity index is -0.0000000325. The van der Waals surface area contributed by atoms with E-state index in [9.17, 15) is 0 Å². The van der Waals surface area contributed by atoms with Crippen LogP contribution in [-0.2, 0) is 40.2 Å². The summed E-state index contributed by atoms with van der Waals surface area (Å²) >= 11 is 0. The fourth-order valence-electron chi connectivity index (χ4n) is 0.542. The summed E-state index contributed by atoms with van der Waals surface area (Å²) in [7, 11) is 0. The van der Waals surface area contributed by atoms with Crippen LogP contribution in [0.5, 0.6) is 0 Å². The number of hydrogen-bond donors (Lipinski definition) is 0. The van der Waals surface area contributed by atoms with E-state index in [4.69, 9.17) is 19.2 Å². The van der Waals surface area contributed by atoms with Crippen molar-refractivity contribution in [2.24, 2.45) is 0 Å². The molecule has 1 aliphatic carbocycles. The van der Waals surface area contributed by atoms with Crippen LogP contribution in [0.25, 0.3) is 0 Å². The first kappa shape index (κ1) is 29.2. The second-order valence-corrected chi connectivity index (χ2v) is 1.43. The van der Waals surface area contributed by atoms with E-state index in [0.29, 0.717) is 0 Å². The van der Waals surface area contributed by atoms with Gasteiger partial charge >= 0.3 is 0 Å². The van der Waals surface area contributed by atoms with Crippen molar-refractivity contribution in [3.8, 4) is 0 Å². The first-order valence-electron chi connectivity index (χ1n) is 3.47. The normalized spacial score (nSPS) is 8.53. The molecule has 0 saturated carbocycles. The van der Waals surface area contributed by atoms with E-state index >= 15 is 0 Å². The summed E-state index contributed by atoms with van der Waals surface area (Å²) in [6.45, 7) is 8.00. The zero-order valence-corrected chi connectivity index (χ0v) is 11.5. The van der Waals surface area contributed by atoms with Crippen LogP contribution in [0.1, 0.15) is 12.8 Å². The molecule has 86 valence electrons. The summed E-state index contributed by atoms with van der Waals surface area (Å²) in [6, 6.07) is 0. The van der Waals surface area contributed by atoms with E-state index in [2.05, 4.69) is 24.3 Å². The van der Waals surface area contributed by atoms with Gasteiger partial charge < -0.3 is 19.2 Å². The molecule has 0 unspecified atom stereocenters. The predicted octanol–water partition coefficient (Wildman–Crippen LogP) is 1.15. The van der Waals surface area contributed by atoms with Gasteiger partial charge in [-0.15, -0.1) is 0 Å². The molecular formula is C10H16O4W. The summed E-state index contributed by atoms with van der Waals surface area (Å²) in [5.41, 5.74) is 0. The van der Waals surface area contributed by atoms with Crippen molar-refractivity contribution in [3.63, 3.8) is 0 Å². The fraction of sp³-hybridized carbons (Fsp3) is 0.200. The average Bonchev–Trinajstić information content (AvgIpc) is 2.41. The van der Waals surface area contributed by atoms with Crippen molar-refractivity contribution in [3.05, 3.63) is 24.3 Å². The van der Waals surface area contributed by atoms with Gasteiger partial charge in [0.25, 0.3) is 0 Å². The third kappa shape index (κ3) is 64.3. The number of allylic oxidation sites excluding steroid dienone is 4. The number of hydrogen-bond acceptors (Lipinski definition) is 4. The molecule has 0 bridgehead atoms. The van der Waals surface area contributed by atoms with Gasteiger partial charge in [-0.3, -0.25) is 0 Å². The Morgan fingerprint density at radius 2 is 0.800 bits per heavy atom. The maximum Gasteiger partial charge on any atom is 0.106 e. The van der Waals surface area contributed by atoms with Crippen molar-refractivity contribution in [1.82, 2.24) is 0 Å². The molecule has 0 heterocycles. The molecule has 0 aromatic carbocycles. The van der Waals surface area contributed by atoms with Crippen molar-refractivity contribution < 1.29 is 40.2 Å². The Bertz CT molecular complexity index is 117. The first-order valence-corrected chi connectivity index (χ1v) is 3.47. The van der Waals surface area contributed by atoms with Gasteiger partial charge in [-0.2, -0.15) is 0 Å². The molecule has 0 saturated heterocycles. The van der Waals surface area contributed by atoms with E-state index in [0.717, 1.165) is 0 Å². The van der Waals surface area contributed by atoms with Crippen molar-refractivity contribution >= 4 is 27.2 Å². The van der Waals surface area contributed by atoms with Gasteiger partial charge in [-0.25, -0.2) is 0 Å². The molecule has 0 spiro atoms. The standard InChI is InChI=1S/C6H8.4CH2O.W/c1-2-4-6-5-3-1;4*1-2;/h1-4H,5-6H2;4*1H2;. The van der Waals surface area contributed by atoms with Crippen molar-refractivity contribution in [2.75, 3.05) is 0 Å². The largest absolute Gasteiger partial charge is 0.307 e.